The number of fused-ring (bicyclic) bond motifs is 1. The van der Waals surface area contributed by atoms with Crippen LogP contribution in [0.4, 0.5) is 5.69 Å². The van der Waals surface area contributed by atoms with Crippen molar-refractivity contribution in [1.29, 1.82) is 0 Å². The number of hydrogen-bond acceptors (Lipinski definition) is 5. The molecule has 2 aromatic carbocycles. The number of nitrogens with zero attached hydrogens (tertiary/aromatic N) is 1. The van der Waals surface area contributed by atoms with Crippen LogP contribution in [0.5, 0.6) is 11.5 Å². The molecule has 0 fully saturated rings. The van der Waals surface area contributed by atoms with Gasteiger partial charge in [0.05, 0.1) is 31.0 Å². The number of para-hydroxylation sites is 1. The molecular formula is C24H28ClNO5. The zero-order valence-corrected chi connectivity index (χ0v) is 19.0. The van der Waals surface area contributed by atoms with Gasteiger partial charge in [0.1, 0.15) is 5.78 Å². The van der Waals surface area contributed by atoms with Crippen LogP contribution in [0.2, 0.25) is 5.02 Å². The molecule has 0 aliphatic carbocycles. The van der Waals surface area contributed by atoms with E-state index in [4.69, 9.17) is 21.1 Å². The predicted molar refractivity (Wildman–Crippen MR) is 120 cm³/mol. The molecule has 1 heterocycles. The van der Waals surface area contributed by atoms with Gasteiger partial charge in [-0.05, 0) is 43.0 Å². The standard InChI is InChI=1S/C24H28ClNO5/c1-15(2)10-11-31-20-9-8-17(12-21(20)30-4)14-26-22-18(6-5-7-19(22)25)24(29,23(26)28)13-16(3)27/h5-9,12,15,29H,10-11,13-14H2,1-4H3. The monoisotopic (exact) mass is 445 g/mol. The van der Waals surface area contributed by atoms with Crippen molar-refractivity contribution in [2.24, 2.45) is 5.92 Å². The molecule has 0 aromatic heterocycles. The maximum absolute atomic E-state index is 13.2. The number of carbonyl (C=O) groups excluding carboxylic acids is 2. The molecule has 3 rings (SSSR count). The van der Waals surface area contributed by atoms with Crippen molar-refractivity contribution in [3.8, 4) is 11.5 Å². The summed E-state index contributed by atoms with van der Waals surface area (Å²) in [4.78, 5) is 26.4. The zero-order chi connectivity index (χ0) is 22.8. The third-order valence-electron chi connectivity index (χ3n) is 5.33. The molecular weight excluding hydrogens is 418 g/mol. The van der Waals surface area contributed by atoms with Gasteiger partial charge in [-0.2, -0.15) is 0 Å². The van der Waals surface area contributed by atoms with Crippen LogP contribution in [0.1, 0.15) is 44.7 Å². The van der Waals surface area contributed by atoms with Crippen molar-refractivity contribution in [3.05, 3.63) is 52.5 Å². The number of Topliss-reactive ketones (excluding diaryl/α,β-unsaturated/α-hetero) is 1. The quantitative estimate of drug-likeness (QED) is 0.615. The number of anilines is 1. The van der Waals surface area contributed by atoms with Crippen LogP contribution in [0, 0.1) is 5.92 Å². The number of methoxy groups -OCH3 is 1. The van der Waals surface area contributed by atoms with E-state index in [1.54, 1.807) is 31.4 Å². The smallest absolute Gasteiger partial charge is 0.264 e. The first-order valence-electron chi connectivity index (χ1n) is 10.3. The predicted octanol–water partition coefficient (Wildman–Crippen LogP) is 4.49. The van der Waals surface area contributed by atoms with Crippen LogP contribution in [-0.4, -0.2) is 30.5 Å². The Morgan fingerprint density at radius 1 is 1.23 bits per heavy atom. The molecule has 1 amide bonds. The highest BCUT2D eigenvalue weighted by molar-refractivity contribution is 6.35. The molecule has 7 heteroatoms. The van der Waals surface area contributed by atoms with Crippen molar-refractivity contribution >= 4 is 29.0 Å². The molecule has 0 bridgehead atoms. The van der Waals surface area contributed by atoms with E-state index in [2.05, 4.69) is 13.8 Å². The summed E-state index contributed by atoms with van der Waals surface area (Å²) in [5, 5.41) is 11.5. The normalized spacial score (nSPS) is 17.8. The summed E-state index contributed by atoms with van der Waals surface area (Å²) in [6.07, 6.45) is 0.624. The van der Waals surface area contributed by atoms with Gasteiger partial charge in [-0.3, -0.25) is 9.59 Å². The van der Waals surface area contributed by atoms with E-state index >= 15 is 0 Å². The minimum Gasteiger partial charge on any atom is -0.493 e. The average Bonchev–Trinajstić information content (AvgIpc) is 2.91. The van der Waals surface area contributed by atoms with Gasteiger partial charge in [-0.15, -0.1) is 0 Å². The van der Waals surface area contributed by atoms with E-state index < -0.39 is 11.5 Å². The van der Waals surface area contributed by atoms with E-state index in [9.17, 15) is 14.7 Å². The Labute approximate surface area is 187 Å². The SMILES string of the molecule is COc1cc(CN2C(=O)C(O)(CC(C)=O)c3cccc(Cl)c32)ccc1OCCC(C)C. The fraction of sp³-hybridized carbons (Fsp3) is 0.417. The van der Waals surface area contributed by atoms with Gasteiger partial charge in [0, 0.05) is 12.0 Å². The number of ether oxygens (including phenoxy) is 2. The minimum absolute atomic E-state index is 0.165. The highest BCUT2D eigenvalue weighted by Crippen LogP contribution is 2.47. The largest absolute Gasteiger partial charge is 0.493 e. The number of aliphatic hydroxyl groups is 1. The van der Waals surface area contributed by atoms with E-state index in [1.165, 1.54) is 11.8 Å². The molecule has 1 atom stereocenters. The third kappa shape index (κ3) is 4.70. The molecule has 0 spiro atoms. The number of rotatable bonds is 9. The number of amides is 1. The summed E-state index contributed by atoms with van der Waals surface area (Å²) >= 11 is 6.39. The Bertz CT molecular complexity index is 990. The first kappa shape index (κ1) is 23.1. The van der Waals surface area contributed by atoms with Crippen molar-refractivity contribution in [2.75, 3.05) is 18.6 Å². The second-order valence-corrected chi connectivity index (χ2v) is 8.69. The Hall–Kier alpha value is -2.57. The first-order valence-corrected chi connectivity index (χ1v) is 10.7. The number of halogens is 1. The third-order valence-corrected chi connectivity index (χ3v) is 5.63. The molecule has 0 saturated carbocycles. The topological polar surface area (TPSA) is 76.1 Å². The molecule has 1 N–H and O–H groups in total. The van der Waals surface area contributed by atoms with Gasteiger partial charge in [0.15, 0.2) is 17.1 Å². The molecule has 166 valence electrons. The average molecular weight is 446 g/mol. The molecule has 6 nitrogen and oxygen atoms in total. The molecule has 0 saturated heterocycles. The molecule has 31 heavy (non-hydrogen) atoms. The van der Waals surface area contributed by atoms with Gasteiger partial charge in [-0.1, -0.05) is 43.6 Å². The lowest BCUT2D eigenvalue weighted by Crippen LogP contribution is -2.41. The van der Waals surface area contributed by atoms with Crippen molar-refractivity contribution in [1.82, 2.24) is 0 Å². The maximum Gasteiger partial charge on any atom is 0.264 e. The van der Waals surface area contributed by atoms with Gasteiger partial charge in [0.2, 0.25) is 0 Å². The van der Waals surface area contributed by atoms with Crippen LogP contribution in [0.3, 0.4) is 0 Å². The second-order valence-electron chi connectivity index (χ2n) is 8.28. The fourth-order valence-electron chi connectivity index (χ4n) is 3.76. The van der Waals surface area contributed by atoms with Crippen LogP contribution >= 0.6 is 11.6 Å². The highest BCUT2D eigenvalue weighted by atomic mass is 35.5. The van der Waals surface area contributed by atoms with Crippen LogP contribution in [0.15, 0.2) is 36.4 Å². The number of carbonyl (C=O) groups is 2. The molecule has 2 aromatic rings. The Morgan fingerprint density at radius 2 is 1.97 bits per heavy atom. The first-order chi connectivity index (χ1) is 14.7. The summed E-state index contributed by atoms with van der Waals surface area (Å²) in [6, 6.07) is 10.4. The van der Waals surface area contributed by atoms with Gasteiger partial charge < -0.3 is 19.5 Å². The lowest BCUT2D eigenvalue weighted by molar-refractivity contribution is -0.141. The summed E-state index contributed by atoms with van der Waals surface area (Å²) in [6.45, 7) is 6.36. The van der Waals surface area contributed by atoms with E-state index in [0.29, 0.717) is 40.3 Å². The van der Waals surface area contributed by atoms with Crippen molar-refractivity contribution in [3.63, 3.8) is 0 Å². The summed E-state index contributed by atoms with van der Waals surface area (Å²) < 4.78 is 11.3. The van der Waals surface area contributed by atoms with E-state index in [-0.39, 0.29) is 18.7 Å². The number of benzene rings is 2. The summed E-state index contributed by atoms with van der Waals surface area (Å²) in [5.74, 6) is 0.873. The van der Waals surface area contributed by atoms with Gasteiger partial charge >= 0.3 is 0 Å². The lowest BCUT2D eigenvalue weighted by Gasteiger charge is -2.23. The Balaban J connectivity index is 1.90. The highest BCUT2D eigenvalue weighted by Gasteiger charge is 2.51. The lowest BCUT2D eigenvalue weighted by atomic mass is 9.90. The maximum atomic E-state index is 13.2. The van der Waals surface area contributed by atoms with Crippen molar-refractivity contribution in [2.45, 2.75) is 45.8 Å². The van der Waals surface area contributed by atoms with Gasteiger partial charge in [-0.25, -0.2) is 0 Å². The fourth-order valence-corrected chi connectivity index (χ4v) is 4.04. The Morgan fingerprint density at radius 3 is 2.61 bits per heavy atom. The second kappa shape index (κ2) is 9.28. The number of ketones is 1. The van der Waals surface area contributed by atoms with E-state index in [0.717, 1.165) is 12.0 Å². The minimum atomic E-state index is -1.92. The van der Waals surface area contributed by atoms with Crippen LogP contribution < -0.4 is 14.4 Å². The summed E-state index contributed by atoms with van der Waals surface area (Å²) in [7, 11) is 1.56. The zero-order valence-electron chi connectivity index (χ0n) is 18.3. The van der Waals surface area contributed by atoms with Crippen LogP contribution in [0.25, 0.3) is 0 Å². The van der Waals surface area contributed by atoms with Crippen molar-refractivity contribution < 1.29 is 24.2 Å². The molecule has 1 aliphatic heterocycles. The molecule has 1 aliphatic rings. The Kier molecular flexibility index (Phi) is 6.92. The number of hydrogen-bond donors (Lipinski definition) is 1. The van der Waals surface area contributed by atoms with Crippen LogP contribution in [-0.2, 0) is 21.7 Å². The van der Waals surface area contributed by atoms with E-state index in [1.807, 2.05) is 12.1 Å². The molecule has 1 unspecified atom stereocenters. The summed E-state index contributed by atoms with van der Waals surface area (Å²) in [5.41, 5.74) is -0.370. The molecule has 0 radical (unpaired) electrons. The van der Waals surface area contributed by atoms with Gasteiger partial charge in [0.25, 0.3) is 5.91 Å².